The Balaban J connectivity index is 1.82. The molecule has 0 bridgehead atoms. The van der Waals surface area contributed by atoms with Gasteiger partial charge in [0, 0.05) is 10.6 Å². The van der Waals surface area contributed by atoms with Crippen molar-refractivity contribution >= 4 is 38.8 Å². The summed E-state index contributed by atoms with van der Waals surface area (Å²) in [4.78, 5) is -0.0276. The third-order valence-electron chi connectivity index (χ3n) is 3.13. The minimum atomic E-state index is -4.77. The van der Waals surface area contributed by atoms with Gasteiger partial charge in [0.05, 0.1) is 10.5 Å². The molecule has 0 unspecified atom stereocenters. The van der Waals surface area contributed by atoms with Crippen LogP contribution in [0, 0.1) is 0 Å². The number of alkyl halides is 3. The van der Waals surface area contributed by atoms with Crippen LogP contribution in [0.1, 0.15) is 5.56 Å². The molecule has 0 saturated carbocycles. The highest BCUT2D eigenvalue weighted by atomic mass is 32.2. The second-order valence-electron chi connectivity index (χ2n) is 4.93. The Morgan fingerprint density at radius 2 is 1.73 bits per heavy atom. The normalized spacial score (nSPS) is 12.1. The zero-order valence-electron chi connectivity index (χ0n) is 12.8. The average Bonchev–Trinajstić information content (AvgIpc) is 3.09. The number of aromatic nitrogens is 2. The van der Waals surface area contributed by atoms with Gasteiger partial charge in [-0.05, 0) is 36.4 Å². The fourth-order valence-electron chi connectivity index (χ4n) is 2.04. The molecule has 5 nitrogen and oxygen atoms in total. The summed E-state index contributed by atoms with van der Waals surface area (Å²) in [7, 11) is -4.39. The number of sulfonamides is 1. The van der Waals surface area contributed by atoms with E-state index in [0.717, 1.165) is 27.4 Å². The van der Waals surface area contributed by atoms with Crippen molar-refractivity contribution in [3.63, 3.8) is 0 Å². The fourth-order valence-corrected chi connectivity index (χ4v) is 4.78. The van der Waals surface area contributed by atoms with Crippen molar-refractivity contribution in [2.45, 2.75) is 20.3 Å². The predicted molar refractivity (Wildman–Crippen MR) is 92.7 cm³/mol. The summed E-state index contributed by atoms with van der Waals surface area (Å²) in [6.45, 7) is 0. The van der Waals surface area contributed by atoms with Crippen LogP contribution in [0.25, 0.3) is 0 Å². The molecule has 0 saturated heterocycles. The molecular formula is C15H10F3N3O2S3. The summed E-state index contributed by atoms with van der Waals surface area (Å²) in [5.74, 6) is 0. The molecule has 0 spiro atoms. The van der Waals surface area contributed by atoms with Crippen LogP contribution in [0.2, 0.25) is 0 Å². The number of halogens is 3. The molecule has 3 rings (SSSR count). The van der Waals surface area contributed by atoms with Crippen molar-refractivity contribution in [2.75, 3.05) is 4.72 Å². The number of hydrogen-bond acceptors (Lipinski definition) is 6. The van der Waals surface area contributed by atoms with Gasteiger partial charge in [-0.2, -0.15) is 13.2 Å². The fraction of sp³-hybridized carbons (Fsp3) is 0.0667. The Hall–Kier alpha value is -2.11. The minimum absolute atomic E-state index is 0.156. The lowest BCUT2D eigenvalue weighted by Crippen LogP contribution is -2.18. The van der Waals surface area contributed by atoms with Gasteiger partial charge in [0.15, 0.2) is 4.34 Å². The molecule has 136 valence electrons. The van der Waals surface area contributed by atoms with Crippen LogP contribution in [0.5, 0.6) is 0 Å². The van der Waals surface area contributed by atoms with Crippen molar-refractivity contribution in [1.82, 2.24) is 10.2 Å². The van der Waals surface area contributed by atoms with Crippen LogP contribution < -0.4 is 4.72 Å². The molecule has 0 atom stereocenters. The highest BCUT2D eigenvalue weighted by molar-refractivity contribution is 8.01. The Kier molecular flexibility index (Phi) is 5.21. The summed E-state index contributed by atoms with van der Waals surface area (Å²) in [5, 5.41) is 7.59. The first kappa shape index (κ1) is 18.7. The number of rotatable bonds is 5. The van der Waals surface area contributed by atoms with Crippen molar-refractivity contribution in [2.24, 2.45) is 0 Å². The Morgan fingerprint density at radius 3 is 2.35 bits per heavy atom. The molecule has 0 amide bonds. The molecule has 11 heteroatoms. The first-order chi connectivity index (χ1) is 12.3. The first-order valence-corrected chi connectivity index (χ1v) is 10.2. The van der Waals surface area contributed by atoms with Gasteiger partial charge in [0.2, 0.25) is 0 Å². The van der Waals surface area contributed by atoms with Gasteiger partial charge >= 0.3 is 6.18 Å². The van der Waals surface area contributed by atoms with E-state index in [1.54, 1.807) is 17.6 Å². The summed E-state index contributed by atoms with van der Waals surface area (Å²) in [6, 6.07) is 10.3. The molecule has 0 aliphatic rings. The monoisotopic (exact) mass is 417 g/mol. The lowest BCUT2D eigenvalue weighted by molar-refractivity contribution is -0.139. The van der Waals surface area contributed by atoms with Crippen molar-refractivity contribution in [1.29, 1.82) is 0 Å². The quantitative estimate of drug-likeness (QED) is 0.661. The predicted octanol–water partition coefficient (Wildman–Crippen LogP) is 4.51. The molecule has 1 heterocycles. The van der Waals surface area contributed by atoms with E-state index in [0.29, 0.717) is 0 Å². The van der Waals surface area contributed by atoms with Gasteiger partial charge in [-0.15, -0.1) is 10.2 Å². The van der Waals surface area contributed by atoms with Gasteiger partial charge in [0.25, 0.3) is 10.0 Å². The smallest absolute Gasteiger partial charge is 0.280 e. The Bertz CT molecular complexity index is 989. The van der Waals surface area contributed by atoms with Gasteiger partial charge in [-0.1, -0.05) is 35.2 Å². The molecule has 3 aromatic rings. The standard InChI is InChI=1S/C15H10F3N3O2S3/c16-15(17,18)12-3-1-2-4-13(12)26(22,23)21-10-5-7-11(8-6-10)25-14-20-19-9-24-14/h1-9,21H. The molecule has 0 radical (unpaired) electrons. The zero-order chi connectivity index (χ0) is 18.8. The van der Waals surface area contributed by atoms with E-state index in [-0.39, 0.29) is 5.69 Å². The Morgan fingerprint density at radius 1 is 1.04 bits per heavy atom. The molecule has 26 heavy (non-hydrogen) atoms. The maximum atomic E-state index is 13.0. The summed E-state index contributed by atoms with van der Waals surface area (Å²) >= 11 is 2.70. The van der Waals surface area contributed by atoms with Crippen molar-refractivity contribution in [3.05, 3.63) is 59.6 Å². The molecule has 0 aliphatic heterocycles. The summed E-state index contributed by atoms with van der Waals surface area (Å²) in [5.41, 5.74) is 0.530. The van der Waals surface area contributed by atoms with E-state index in [1.807, 2.05) is 0 Å². The number of nitrogens with zero attached hydrogens (tertiary/aromatic N) is 2. The van der Waals surface area contributed by atoms with E-state index in [9.17, 15) is 21.6 Å². The second-order valence-corrected chi connectivity index (χ2v) is 8.74. The van der Waals surface area contributed by atoms with Crippen LogP contribution in [-0.2, 0) is 16.2 Å². The van der Waals surface area contributed by atoms with Crippen LogP contribution in [-0.4, -0.2) is 18.6 Å². The number of anilines is 1. The SMILES string of the molecule is O=S(=O)(Nc1ccc(Sc2nncs2)cc1)c1ccccc1C(F)(F)F. The van der Waals surface area contributed by atoms with Crippen molar-refractivity contribution < 1.29 is 21.6 Å². The lowest BCUT2D eigenvalue weighted by Gasteiger charge is -2.14. The molecular weight excluding hydrogens is 407 g/mol. The molecule has 0 fully saturated rings. The summed E-state index contributed by atoms with van der Waals surface area (Å²) < 4.78 is 66.8. The van der Waals surface area contributed by atoms with Gasteiger partial charge in [-0.3, -0.25) is 4.72 Å². The molecule has 1 N–H and O–H groups in total. The first-order valence-electron chi connectivity index (χ1n) is 6.99. The van der Waals surface area contributed by atoms with E-state index in [2.05, 4.69) is 14.9 Å². The summed E-state index contributed by atoms with van der Waals surface area (Å²) in [6.07, 6.45) is -4.77. The largest absolute Gasteiger partial charge is 0.417 e. The third kappa shape index (κ3) is 4.34. The minimum Gasteiger partial charge on any atom is -0.280 e. The van der Waals surface area contributed by atoms with Gasteiger partial charge in [-0.25, -0.2) is 8.42 Å². The molecule has 1 aromatic heterocycles. The van der Waals surface area contributed by atoms with E-state index < -0.39 is 26.7 Å². The van der Waals surface area contributed by atoms with Crippen LogP contribution in [0.4, 0.5) is 18.9 Å². The number of benzene rings is 2. The number of hydrogen-bond donors (Lipinski definition) is 1. The van der Waals surface area contributed by atoms with Crippen LogP contribution >= 0.6 is 23.1 Å². The maximum Gasteiger partial charge on any atom is 0.417 e. The van der Waals surface area contributed by atoms with Gasteiger partial charge < -0.3 is 0 Å². The van der Waals surface area contributed by atoms with E-state index >= 15 is 0 Å². The second kappa shape index (κ2) is 7.25. The highest BCUT2D eigenvalue weighted by Gasteiger charge is 2.36. The van der Waals surface area contributed by atoms with Crippen LogP contribution in [0.15, 0.2) is 68.2 Å². The van der Waals surface area contributed by atoms with Crippen LogP contribution in [0.3, 0.4) is 0 Å². The van der Waals surface area contributed by atoms with E-state index in [1.165, 1.54) is 41.3 Å². The van der Waals surface area contributed by atoms with Crippen molar-refractivity contribution in [3.8, 4) is 0 Å². The molecule has 2 aromatic carbocycles. The topological polar surface area (TPSA) is 72.0 Å². The van der Waals surface area contributed by atoms with E-state index in [4.69, 9.17) is 0 Å². The zero-order valence-corrected chi connectivity index (χ0v) is 15.2. The Labute approximate surface area is 155 Å². The highest BCUT2D eigenvalue weighted by Crippen LogP contribution is 2.35. The third-order valence-corrected chi connectivity index (χ3v) is 6.36. The molecule has 0 aliphatic carbocycles. The average molecular weight is 417 g/mol. The number of nitrogens with one attached hydrogen (secondary N) is 1. The van der Waals surface area contributed by atoms with Gasteiger partial charge in [0.1, 0.15) is 5.51 Å². The maximum absolute atomic E-state index is 13.0. The lowest BCUT2D eigenvalue weighted by atomic mass is 10.2.